The van der Waals surface area contributed by atoms with Crippen LogP contribution in [0, 0.1) is 6.92 Å². The summed E-state index contributed by atoms with van der Waals surface area (Å²) in [5.41, 5.74) is 2.10. The largest absolute Gasteiger partial charge is 0.496 e. The second-order valence-corrected chi connectivity index (χ2v) is 8.54. The molecule has 0 fully saturated rings. The molecule has 0 aliphatic rings. The normalized spacial score (nSPS) is 12.1. The van der Waals surface area contributed by atoms with Crippen LogP contribution in [0.4, 0.5) is 5.69 Å². The number of benzene rings is 3. The maximum absolute atomic E-state index is 12.9. The summed E-state index contributed by atoms with van der Waals surface area (Å²) in [6, 6.07) is 20.4. The molecule has 0 bridgehead atoms. The van der Waals surface area contributed by atoms with Crippen molar-refractivity contribution in [2.24, 2.45) is 0 Å². The van der Waals surface area contributed by atoms with Gasteiger partial charge >= 0.3 is 0 Å². The number of sulfonamides is 1. The van der Waals surface area contributed by atoms with Gasteiger partial charge in [0.2, 0.25) is 0 Å². The number of para-hydroxylation sites is 2. The Morgan fingerprint density at radius 2 is 1.63 bits per heavy atom. The van der Waals surface area contributed by atoms with Crippen molar-refractivity contribution in [1.82, 2.24) is 5.32 Å². The molecule has 2 N–H and O–H groups in total. The fourth-order valence-corrected chi connectivity index (χ4v) is 4.46. The van der Waals surface area contributed by atoms with Crippen molar-refractivity contribution in [3.63, 3.8) is 0 Å². The Bertz CT molecular complexity index is 1140. The maximum atomic E-state index is 12.9. The van der Waals surface area contributed by atoms with Gasteiger partial charge in [0.05, 0.1) is 18.0 Å². The minimum Gasteiger partial charge on any atom is -0.496 e. The molecule has 7 heteroatoms. The van der Waals surface area contributed by atoms with Gasteiger partial charge in [-0.3, -0.25) is 9.52 Å². The Morgan fingerprint density at radius 3 is 2.33 bits per heavy atom. The van der Waals surface area contributed by atoms with E-state index in [1.807, 2.05) is 31.2 Å². The van der Waals surface area contributed by atoms with Crippen LogP contribution in [0.25, 0.3) is 0 Å². The number of carbonyl (C=O) groups excluding carboxylic acids is 1. The number of carbonyl (C=O) groups is 1. The van der Waals surface area contributed by atoms with Gasteiger partial charge < -0.3 is 10.1 Å². The molecule has 1 amide bonds. The zero-order valence-electron chi connectivity index (χ0n) is 17.0. The van der Waals surface area contributed by atoms with Crippen LogP contribution in [0.5, 0.6) is 5.75 Å². The highest BCUT2D eigenvalue weighted by Gasteiger charge is 2.21. The van der Waals surface area contributed by atoms with Crippen molar-refractivity contribution in [3.8, 4) is 5.75 Å². The fraction of sp³-hybridized carbons (Fsp3) is 0.174. The topological polar surface area (TPSA) is 84.5 Å². The predicted octanol–water partition coefficient (Wildman–Crippen LogP) is 4.30. The van der Waals surface area contributed by atoms with E-state index in [4.69, 9.17) is 4.74 Å². The monoisotopic (exact) mass is 424 g/mol. The van der Waals surface area contributed by atoms with Gasteiger partial charge in [0.25, 0.3) is 15.9 Å². The first-order valence-electron chi connectivity index (χ1n) is 9.44. The molecule has 0 aliphatic carbocycles. The number of anilines is 1. The fourth-order valence-electron chi connectivity index (χ4n) is 3.13. The van der Waals surface area contributed by atoms with Crippen molar-refractivity contribution in [2.75, 3.05) is 11.8 Å². The van der Waals surface area contributed by atoms with Crippen LogP contribution in [-0.4, -0.2) is 21.4 Å². The summed E-state index contributed by atoms with van der Waals surface area (Å²) in [6.45, 7) is 3.54. The minimum atomic E-state index is -3.84. The lowest BCUT2D eigenvalue weighted by Crippen LogP contribution is -2.27. The summed E-state index contributed by atoms with van der Waals surface area (Å²) in [6.07, 6.45) is 0. The molecule has 1 unspecified atom stereocenters. The molecule has 0 saturated carbocycles. The van der Waals surface area contributed by atoms with E-state index < -0.39 is 10.0 Å². The molecule has 0 aromatic heterocycles. The molecule has 0 aliphatic heterocycles. The van der Waals surface area contributed by atoms with Crippen molar-refractivity contribution < 1.29 is 17.9 Å². The highest BCUT2D eigenvalue weighted by atomic mass is 32.2. The number of nitrogens with one attached hydrogen (secondary N) is 2. The molecule has 30 heavy (non-hydrogen) atoms. The van der Waals surface area contributed by atoms with Crippen molar-refractivity contribution in [3.05, 3.63) is 89.5 Å². The van der Waals surface area contributed by atoms with Gasteiger partial charge in [-0.1, -0.05) is 42.5 Å². The van der Waals surface area contributed by atoms with Gasteiger partial charge in [0.1, 0.15) is 5.75 Å². The van der Waals surface area contributed by atoms with Gasteiger partial charge in [-0.2, -0.15) is 0 Å². The molecule has 3 aromatic rings. The zero-order valence-corrected chi connectivity index (χ0v) is 17.9. The molecular formula is C23H24N2O4S. The summed E-state index contributed by atoms with van der Waals surface area (Å²) < 4.78 is 33.6. The van der Waals surface area contributed by atoms with Crippen LogP contribution in [-0.2, 0) is 10.0 Å². The van der Waals surface area contributed by atoms with E-state index in [-0.39, 0.29) is 22.4 Å². The smallest absolute Gasteiger partial charge is 0.262 e. The molecule has 3 aromatic carbocycles. The third-order valence-corrected chi connectivity index (χ3v) is 6.24. The summed E-state index contributed by atoms with van der Waals surface area (Å²) in [4.78, 5) is 12.9. The van der Waals surface area contributed by atoms with E-state index in [0.717, 1.165) is 5.56 Å². The van der Waals surface area contributed by atoms with Crippen LogP contribution >= 0.6 is 0 Å². The molecule has 156 valence electrons. The van der Waals surface area contributed by atoms with E-state index in [1.54, 1.807) is 56.5 Å². The van der Waals surface area contributed by atoms with Gasteiger partial charge in [-0.15, -0.1) is 0 Å². The van der Waals surface area contributed by atoms with Crippen LogP contribution in [0.3, 0.4) is 0 Å². The summed E-state index contributed by atoms with van der Waals surface area (Å²) in [5.74, 6) is 0.300. The van der Waals surface area contributed by atoms with Crippen LogP contribution in [0.15, 0.2) is 77.7 Å². The predicted molar refractivity (Wildman–Crippen MR) is 117 cm³/mol. The number of hydrogen-bond acceptors (Lipinski definition) is 4. The second-order valence-electron chi connectivity index (χ2n) is 6.89. The van der Waals surface area contributed by atoms with E-state index in [1.165, 1.54) is 6.07 Å². The quantitative estimate of drug-likeness (QED) is 0.592. The Labute approximate surface area is 177 Å². The summed E-state index contributed by atoms with van der Waals surface area (Å²) in [7, 11) is -2.27. The Hall–Kier alpha value is -3.32. The van der Waals surface area contributed by atoms with Crippen molar-refractivity contribution in [2.45, 2.75) is 24.8 Å². The maximum Gasteiger partial charge on any atom is 0.262 e. The van der Waals surface area contributed by atoms with Gasteiger partial charge in [0, 0.05) is 16.8 Å². The first-order chi connectivity index (χ1) is 14.3. The minimum absolute atomic E-state index is 0.0592. The zero-order chi connectivity index (χ0) is 21.7. The lowest BCUT2D eigenvalue weighted by Gasteiger charge is -2.18. The standard InChI is InChI=1S/C23H24N2O4S/c1-16-13-14-18(15-22(16)30(27,28)25-19-9-5-4-6-10-19)23(26)24-17(2)20-11-7-8-12-21(20)29-3/h4-15,17,25H,1-3H3,(H,24,26). The van der Waals surface area contributed by atoms with Gasteiger partial charge in [0.15, 0.2) is 0 Å². The Balaban J connectivity index is 1.84. The molecular weight excluding hydrogens is 400 g/mol. The van der Waals surface area contributed by atoms with E-state index >= 15 is 0 Å². The van der Waals surface area contributed by atoms with Crippen LogP contribution in [0.2, 0.25) is 0 Å². The van der Waals surface area contributed by atoms with E-state index in [9.17, 15) is 13.2 Å². The molecule has 0 radical (unpaired) electrons. The number of methoxy groups -OCH3 is 1. The molecule has 1 atom stereocenters. The number of amides is 1. The average molecular weight is 425 g/mol. The molecule has 6 nitrogen and oxygen atoms in total. The average Bonchev–Trinajstić information content (AvgIpc) is 2.74. The first kappa shape index (κ1) is 21.4. The van der Waals surface area contributed by atoms with Crippen LogP contribution in [0.1, 0.15) is 34.5 Å². The molecule has 3 rings (SSSR count). The van der Waals surface area contributed by atoms with Gasteiger partial charge in [-0.05, 0) is 49.7 Å². The second kappa shape index (κ2) is 9.00. The number of rotatable bonds is 7. The highest BCUT2D eigenvalue weighted by Crippen LogP contribution is 2.25. The van der Waals surface area contributed by atoms with Crippen LogP contribution < -0.4 is 14.8 Å². The Morgan fingerprint density at radius 1 is 0.967 bits per heavy atom. The van der Waals surface area contributed by atoms with Crippen molar-refractivity contribution >= 4 is 21.6 Å². The van der Waals surface area contributed by atoms with E-state index in [2.05, 4.69) is 10.0 Å². The molecule has 0 spiro atoms. The Kier molecular flexibility index (Phi) is 6.42. The van der Waals surface area contributed by atoms with E-state index in [0.29, 0.717) is 17.0 Å². The summed E-state index contributed by atoms with van der Waals surface area (Å²) in [5, 5.41) is 2.90. The lowest BCUT2D eigenvalue weighted by atomic mass is 10.1. The first-order valence-corrected chi connectivity index (χ1v) is 10.9. The number of aryl methyl sites for hydroxylation is 1. The number of hydrogen-bond donors (Lipinski definition) is 2. The molecule has 0 saturated heterocycles. The number of ether oxygens (including phenoxy) is 1. The lowest BCUT2D eigenvalue weighted by molar-refractivity contribution is 0.0939. The third kappa shape index (κ3) is 4.80. The highest BCUT2D eigenvalue weighted by molar-refractivity contribution is 7.92. The van der Waals surface area contributed by atoms with Crippen molar-refractivity contribution in [1.29, 1.82) is 0 Å². The summed E-state index contributed by atoms with van der Waals surface area (Å²) >= 11 is 0. The SMILES string of the molecule is COc1ccccc1C(C)NC(=O)c1ccc(C)c(S(=O)(=O)Nc2ccccc2)c1. The van der Waals surface area contributed by atoms with Gasteiger partial charge in [-0.25, -0.2) is 8.42 Å². The third-order valence-electron chi connectivity index (χ3n) is 4.72. The molecule has 0 heterocycles.